The summed E-state index contributed by atoms with van der Waals surface area (Å²) in [4.78, 5) is 7.89. The average molecular weight is 430 g/mol. The van der Waals surface area contributed by atoms with Crippen LogP contribution in [-0.2, 0) is 6.61 Å². The summed E-state index contributed by atoms with van der Waals surface area (Å²) in [5.41, 5.74) is 10.2. The molecule has 0 fully saturated rings. The third-order valence-corrected chi connectivity index (χ3v) is 6.74. The zero-order chi connectivity index (χ0) is 20.3. The molecule has 1 aliphatic rings. The molecule has 0 spiro atoms. The SMILES string of the molecule is N/C(=N\c1ccc(COc2ccc3c(c2)Nc2ccccc2S3)cc1)c1cccs1. The second-order valence-electron chi connectivity index (χ2n) is 6.81. The number of benzene rings is 3. The van der Waals surface area contributed by atoms with Gasteiger partial charge in [0.25, 0.3) is 0 Å². The molecule has 0 aliphatic carbocycles. The minimum atomic E-state index is 0.493. The van der Waals surface area contributed by atoms with Crippen molar-refractivity contribution in [3.8, 4) is 5.75 Å². The number of amidine groups is 1. The van der Waals surface area contributed by atoms with Gasteiger partial charge >= 0.3 is 0 Å². The summed E-state index contributed by atoms with van der Waals surface area (Å²) in [6.45, 7) is 0.493. The number of ether oxygens (including phenoxy) is 1. The summed E-state index contributed by atoms with van der Waals surface area (Å²) < 4.78 is 6.02. The van der Waals surface area contributed by atoms with Crippen LogP contribution in [0.4, 0.5) is 17.1 Å². The van der Waals surface area contributed by atoms with E-state index in [1.807, 2.05) is 53.9 Å². The smallest absolute Gasteiger partial charge is 0.141 e. The molecule has 3 N–H and O–H groups in total. The van der Waals surface area contributed by atoms with Gasteiger partial charge in [0.2, 0.25) is 0 Å². The van der Waals surface area contributed by atoms with Crippen LogP contribution in [0.15, 0.2) is 99.0 Å². The van der Waals surface area contributed by atoms with Crippen LogP contribution in [-0.4, -0.2) is 5.84 Å². The molecule has 0 unspecified atom stereocenters. The van der Waals surface area contributed by atoms with Crippen molar-refractivity contribution in [3.05, 3.63) is 94.7 Å². The summed E-state index contributed by atoms with van der Waals surface area (Å²) in [5, 5.41) is 5.48. The molecule has 4 aromatic rings. The van der Waals surface area contributed by atoms with Gasteiger partial charge in [0.15, 0.2) is 0 Å². The fourth-order valence-electron chi connectivity index (χ4n) is 3.16. The topological polar surface area (TPSA) is 59.6 Å². The molecule has 0 saturated carbocycles. The van der Waals surface area contributed by atoms with Gasteiger partial charge in [-0.2, -0.15) is 0 Å². The Hall–Kier alpha value is -3.22. The Morgan fingerprint density at radius 3 is 2.57 bits per heavy atom. The van der Waals surface area contributed by atoms with Gasteiger partial charge in [0.05, 0.1) is 21.9 Å². The summed E-state index contributed by atoms with van der Waals surface area (Å²) in [5.74, 6) is 1.38. The van der Waals surface area contributed by atoms with Crippen molar-refractivity contribution in [2.24, 2.45) is 10.7 Å². The number of fused-ring (bicyclic) bond motifs is 2. The van der Waals surface area contributed by atoms with Crippen LogP contribution in [0.5, 0.6) is 5.75 Å². The zero-order valence-corrected chi connectivity index (χ0v) is 17.7. The van der Waals surface area contributed by atoms with Gasteiger partial charge in [-0.15, -0.1) is 11.3 Å². The van der Waals surface area contributed by atoms with Gasteiger partial charge in [-0.1, -0.05) is 42.1 Å². The number of rotatable bonds is 5. The van der Waals surface area contributed by atoms with Crippen molar-refractivity contribution in [2.45, 2.75) is 16.4 Å². The lowest BCUT2D eigenvalue weighted by molar-refractivity contribution is 0.306. The molecule has 1 aliphatic heterocycles. The van der Waals surface area contributed by atoms with Crippen LogP contribution < -0.4 is 15.8 Å². The first-order chi connectivity index (χ1) is 14.7. The van der Waals surface area contributed by atoms with Gasteiger partial charge in [-0.25, -0.2) is 4.99 Å². The molecular formula is C24H19N3OS2. The lowest BCUT2D eigenvalue weighted by Crippen LogP contribution is -2.10. The Kier molecular flexibility index (Phi) is 5.17. The number of nitrogens with two attached hydrogens (primary N) is 1. The van der Waals surface area contributed by atoms with Crippen LogP contribution in [0.3, 0.4) is 0 Å². The predicted molar refractivity (Wildman–Crippen MR) is 126 cm³/mol. The monoisotopic (exact) mass is 429 g/mol. The van der Waals surface area contributed by atoms with E-state index in [-0.39, 0.29) is 0 Å². The van der Waals surface area contributed by atoms with E-state index >= 15 is 0 Å². The maximum Gasteiger partial charge on any atom is 0.141 e. The molecule has 0 atom stereocenters. The van der Waals surface area contributed by atoms with Crippen LogP contribution in [0, 0.1) is 0 Å². The number of thiophene rings is 1. The summed E-state index contributed by atoms with van der Waals surface area (Å²) in [6, 6.07) is 26.4. The number of nitrogens with one attached hydrogen (secondary N) is 1. The standard InChI is InChI=1S/C24H19N3OS2/c25-24(23-6-3-13-29-23)26-17-9-7-16(8-10-17)15-28-18-11-12-22-20(14-18)27-19-4-1-2-5-21(19)30-22/h1-14,27H,15H2,(H2,25,26). The fraction of sp³-hybridized carbons (Fsp3) is 0.0417. The summed E-state index contributed by atoms with van der Waals surface area (Å²) >= 11 is 3.35. The summed E-state index contributed by atoms with van der Waals surface area (Å²) in [7, 11) is 0. The Morgan fingerprint density at radius 2 is 1.73 bits per heavy atom. The van der Waals surface area contributed by atoms with Crippen LogP contribution in [0.1, 0.15) is 10.4 Å². The normalized spacial score (nSPS) is 12.6. The lowest BCUT2D eigenvalue weighted by atomic mass is 10.2. The van der Waals surface area contributed by atoms with E-state index < -0.39 is 0 Å². The van der Waals surface area contributed by atoms with Crippen molar-refractivity contribution in [3.63, 3.8) is 0 Å². The van der Waals surface area contributed by atoms with Crippen LogP contribution in [0.2, 0.25) is 0 Å². The average Bonchev–Trinajstić information content (AvgIpc) is 3.32. The number of anilines is 2. The quantitative estimate of drug-likeness (QED) is 0.245. The molecule has 0 saturated heterocycles. The molecule has 0 bridgehead atoms. The molecule has 3 aromatic carbocycles. The minimum Gasteiger partial charge on any atom is -0.489 e. The van der Waals surface area contributed by atoms with E-state index in [4.69, 9.17) is 10.5 Å². The number of nitrogens with zero attached hydrogens (tertiary/aromatic N) is 1. The molecular weight excluding hydrogens is 410 g/mol. The highest BCUT2D eigenvalue weighted by atomic mass is 32.2. The fourth-order valence-corrected chi connectivity index (χ4v) is 4.76. The zero-order valence-electron chi connectivity index (χ0n) is 16.0. The second-order valence-corrected chi connectivity index (χ2v) is 8.84. The molecule has 30 heavy (non-hydrogen) atoms. The van der Waals surface area contributed by atoms with Gasteiger partial charge < -0.3 is 15.8 Å². The first-order valence-electron chi connectivity index (χ1n) is 9.52. The summed E-state index contributed by atoms with van der Waals surface area (Å²) in [6.07, 6.45) is 0. The second kappa shape index (κ2) is 8.26. The third-order valence-electron chi connectivity index (χ3n) is 4.69. The maximum atomic E-state index is 6.06. The van der Waals surface area contributed by atoms with Crippen molar-refractivity contribution >= 4 is 46.0 Å². The first-order valence-corrected chi connectivity index (χ1v) is 11.2. The molecule has 4 nitrogen and oxygen atoms in total. The molecule has 5 rings (SSSR count). The van der Waals surface area contributed by atoms with E-state index in [0.29, 0.717) is 12.4 Å². The minimum absolute atomic E-state index is 0.493. The molecule has 0 amide bonds. The maximum absolute atomic E-state index is 6.06. The van der Waals surface area contributed by atoms with Crippen molar-refractivity contribution < 1.29 is 4.74 Å². The van der Waals surface area contributed by atoms with Crippen molar-refractivity contribution in [1.29, 1.82) is 0 Å². The van der Waals surface area contributed by atoms with E-state index in [2.05, 4.69) is 40.6 Å². The number of hydrogen-bond donors (Lipinski definition) is 2. The Balaban J connectivity index is 1.24. The van der Waals surface area contributed by atoms with Crippen molar-refractivity contribution in [1.82, 2.24) is 0 Å². The van der Waals surface area contributed by atoms with Gasteiger partial charge in [-0.3, -0.25) is 0 Å². The largest absolute Gasteiger partial charge is 0.489 e. The number of hydrogen-bond acceptors (Lipinski definition) is 5. The third kappa shape index (κ3) is 4.06. The Bertz CT molecular complexity index is 1200. The predicted octanol–water partition coefficient (Wildman–Crippen LogP) is 6.57. The molecule has 2 heterocycles. The number of aliphatic imine (C=N–C) groups is 1. The van der Waals surface area contributed by atoms with Gasteiger partial charge in [-0.05, 0) is 53.4 Å². The lowest BCUT2D eigenvalue weighted by Gasteiger charge is -2.21. The van der Waals surface area contributed by atoms with Crippen molar-refractivity contribution in [2.75, 3.05) is 5.32 Å². The van der Waals surface area contributed by atoms with E-state index in [9.17, 15) is 0 Å². The molecule has 148 valence electrons. The van der Waals surface area contributed by atoms with E-state index in [0.717, 1.165) is 33.3 Å². The van der Waals surface area contributed by atoms with Gasteiger partial charge in [0.1, 0.15) is 18.2 Å². The van der Waals surface area contributed by atoms with E-state index in [1.54, 1.807) is 23.1 Å². The van der Waals surface area contributed by atoms with Crippen LogP contribution >= 0.6 is 23.1 Å². The molecule has 0 radical (unpaired) electrons. The highest BCUT2D eigenvalue weighted by Crippen LogP contribution is 2.45. The molecule has 1 aromatic heterocycles. The number of para-hydroxylation sites is 1. The van der Waals surface area contributed by atoms with Crippen LogP contribution in [0.25, 0.3) is 0 Å². The highest BCUT2D eigenvalue weighted by molar-refractivity contribution is 7.99. The Morgan fingerprint density at radius 1 is 0.900 bits per heavy atom. The molecule has 6 heteroatoms. The van der Waals surface area contributed by atoms with Gasteiger partial charge in [0, 0.05) is 15.9 Å². The Labute approximate surface area is 183 Å². The first kappa shape index (κ1) is 18.8. The van der Waals surface area contributed by atoms with E-state index in [1.165, 1.54) is 9.79 Å². The highest BCUT2D eigenvalue weighted by Gasteiger charge is 2.15.